The predicted octanol–water partition coefficient (Wildman–Crippen LogP) is 5.07. The number of rotatable bonds is 8. The molecule has 10 heteroatoms. The quantitative estimate of drug-likeness (QED) is 0.397. The minimum Gasteiger partial charge on any atom is -0.314 e. The lowest BCUT2D eigenvalue weighted by molar-refractivity contribution is 0.610. The van der Waals surface area contributed by atoms with Crippen LogP contribution in [0.3, 0.4) is 0 Å². The molecular weight excluding hydrogens is 435 g/mol. The molecule has 0 aliphatic rings. The summed E-state index contributed by atoms with van der Waals surface area (Å²) in [5, 5.41) is 20.1. The van der Waals surface area contributed by atoms with Gasteiger partial charge in [0.05, 0.1) is 12.2 Å². The van der Waals surface area contributed by atoms with Crippen LogP contribution in [-0.2, 0) is 13.0 Å². The molecule has 0 aliphatic carbocycles. The van der Waals surface area contributed by atoms with E-state index in [2.05, 4.69) is 41.4 Å². The first-order chi connectivity index (χ1) is 15.0. The van der Waals surface area contributed by atoms with E-state index in [4.69, 9.17) is 33.3 Å². The van der Waals surface area contributed by atoms with Crippen LogP contribution in [0.4, 0.5) is 0 Å². The Morgan fingerprint density at radius 3 is 2.58 bits per heavy atom. The molecule has 0 radical (unpaired) electrons. The number of nitrogens with one attached hydrogen (secondary N) is 1. The SMILES string of the molecule is CCCCc1nc(C(C)C)nn1Cc1c(Cl)cc(-n2cccc2-c2nn[nH]n2)cc1Cl. The van der Waals surface area contributed by atoms with Gasteiger partial charge in [0.1, 0.15) is 5.82 Å². The molecule has 3 aromatic heterocycles. The van der Waals surface area contributed by atoms with Crippen molar-refractivity contribution in [2.24, 2.45) is 0 Å². The summed E-state index contributed by atoms with van der Waals surface area (Å²) in [4.78, 5) is 4.74. The van der Waals surface area contributed by atoms with Crippen molar-refractivity contribution in [3.63, 3.8) is 0 Å². The predicted molar refractivity (Wildman–Crippen MR) is 121 cm³/mol. The van der Waals surface area contributed by atoms with Crippen LogP contribution in [0.15, 0.2) is 30.5 Å². The van der Waals surface area contributed by atoms with Crippen LogP contribution in [0.2, 0.25) is 10.0 Å². The summed E-state index contributed by atoms with van der Waals surface area (Å²) in [6.45, 7) is 6.83. The third-order valence-electron chi connectivity index (χ3n) is 5.07. The average molecular weight is 459 g/mol. The van der Waals surface area contributed by atoms with Crippen LogP contribution < -0.4 is 0 Å². The van der Waals surface area contributed by atoms with Gasteiger partial charge in [-0.05, 0) is 35.9 Å². The van der Waals surface area contributed by atoms with E-state index in [-0.39, 0.29) is 5.92 Å². The molecule has 0 bridgehead atoms. The number of halogens is 2. The van der Waals surface area contributed by atoms with Crippen LogP contribution in [0.25, 0.3) is 17.2 Å². The van der Waals surface area contributed by atoms with Gasteiger partial charge in [0.2, 0.25) is 5.82 Å². The molecule has 4 aromatic rings. The van der Waals surface area contributed by atoms with Gasteiger partial charge >= 0.3 is 0 Å². The number of aromatic nitrogens is 8. The maximum Gasteiger partial charge on any atom is 0.221 e. The highest BCUT2D eigenvalue weighted by molar-refractivity contribution is 6.36. The van der Waals surface area contributed by atoms with Gasteiger partial charge < -0.3 is 4.57 Å². The second kappa shape index (κ2) is 9.20. The van der Waals surface area contributed by atoms with Gasteiger partial charge in [0, 0.05) is 39.8 Å². The topological polar surface area (TPSA) is 90.1 Å². The molecule has 0 fully saturated rings. The van der Waals surface area contributed by atoms with E-state index in [1.807, 2.05) is 39.7 Å². The zero-order chi connectivity index (χ0) is 22.0. The van der Waals surface area contributed by atoms with E-state index in [9.17, 15) is 0 Å². The maximum atomic E-state index is 6.70. The summed E-state index contributed by atoms with van der Waals surface area (Å²) in [5.41, 5.74) is 2.42. The van der Waals surface area contributed by atoms with Crippen LogP contribution >= 0.6 is 23.2 Å². The second-order valence-corrected chi connectivity index (χ2v) is 8.50. The van der Waals surface area contributed by atoms with Crippen molar-refractivity contribution in [3.05, 3.63) is 57.7 Å². The highest BCUT2D eigenvalue weighted by Gasteiger charge is 2.17. The van der Waals surface area contributed by atoms with E-state index in [0.717, 1.165) is 47.9 Å². The maximum absolute atomic E-state index is 6.70. The molecule has 0 saturated heterocycles. The van der Waals surface area contributed by atoms with E-state index < -0.39 is 0 Å². The highest BCUT2D eigenvalue weighted by Crippen LogP contribution is 2.31. The van der Waals surface area contributed by atoms with Gasteiger partial charge in [-0.3, -0.25) is 0 Å². The lowest BCUT2D eigenvalue weighted by Gasteiger charge is -2.13. The fraction of sp³-hybridized carbons (Fsp3) is 0.381. The van der Waals surface area contributed by atoms with Crippen LogP contribution in [0.5, 0.6) is 0 Å². The van der Waals surface area contributed by atoms with Gasteiger partial charge in [-0.25, -0.2) is 9.67 Å². The average Bonchev–Trinajstić information content (AvgIpc) is 3.49. The Hall–Kier alpha value is -2.71. The molecule has 4 rings (SSSR count). The molecule has 0 spiro atoms. The summed E-state index contributed by atoms with van der Waals surface area (Å²) < 4.78 is 3.85. The van der Waals surface area contributed by atoms with Gasteiger partial charge in [0.15, 0.2) is 5.82 Å². The van der Waals surface area contributed by atoms with Crippen LogP contribution in [0.1, 0.15) is 56.7 Å². The van der Waals surface area contributed by atoms with Crippen LogP contribution in [0, 0.1) is 0 Å². The van der Waals surface area contributed by atoms with Gasteiger partial charge in [-0.2, -0.15) is 10.3 Å². The lowest BCUT2D eigenvalue weighted by atomic mass is 10.2. The first kappa shape index (κ1) is 21.5. The molecule has 162 valence electrons. The minimum atomic E-state index is 0.257. The molecule has 8 nitrogen and oxygen atoms in total. The van der Waals surface area contributed by atoms with Crippen molar-refractivity contribution in [1.29, 1.82) is 0 Å². The van der Waals surface area contributed by atoms with Crippen molar-refractivity contribution in [2.45, 2.75) is 52.5 Å². The van der Waals surface area contributed by atoms with Crippen molar-refractivity contribution >= 4 is 23.2 Å². The summed E-state index contributed by atoms with van der Waals surface area (Å²) in [6.07, 6.45) is 4.94. The molecule has 0 unspecified atom stereocenters. The Kier molecular flexibility index (Phi) is 6.38. The fourth-order valence-corrected chi connectivity index (χ4v) is 3.97. The molecular formula is C21H24Cl2N8. The van der Waals surface area contributed by atoms with Crippen molar-refractivity contribution < 1.29 is 0 Å². The zero-order valence-electron chi connectivity index (χ0n) is 17.7. The van der Waals surface area contributed by atoms with E-state index in [1.54, 1.807) is 0 Å². The third-order valence-corrected chi connectivity index (χ3v) is 5.74. The Morgan fingerprint density at radius 2 is 1.94 bits per heavy atom. The second-order valence-electron chi connectivity index (χ2n) is 7.69. The summed E-state index contributed by atoms with van der Waals surface area (Å²) in [5.74, 6) is 2.55. The number of aryl methyl sites for hydroxylation is 1. The number of tetrazole rings is 1. The van der Waals surface area contributed by atoms with Gasteiger partial charge in [-0.15, -0.1) is 10.2 Å². The number of benzene rings is 1. The minimum absolute atomic E-state index is 0.257. The number of unbranched alkanes of at least 4 members (excludes halogenated alkanes) is 1. The molecule has 0 amide bonds. The van der Waals surface area contributed by atoms with Gasteiger partial charge in [-0.1, -0.05) is 50.4 Å². The first-order valence-electron chi connectivity index (χ1n) is 10.3. The largest absolute Gasteiger partial charge is 0.314 e. The van der Waals surface area contributed by atoms with Crippen LogP contribution in [-0.4, -0.2) is 40.0 Å². The Balaban J connectivity index is 1.68. The lowest BCUT2D eigenvalue weighted by Crippen LogP contribution is -2.09. The van der Waals surface area contributed by atoms with E-state index in [1.165, 1.54) is 0 Å². The summed E-state index contributed by atoms with van der Waals surface area (Å²) >= 11 is 13.4. The Morgan fingerprint density at radius 1 is 1.16 bits per heavy atom. The van der Waals surface area contributed by atoms with Gasteiger partial charge in [0.25, 0.3) is 0 Å². The molecule has 1 aromatic carbocycles. The molecule has 1 N–H and O–H groups in total. The highest BCUT2D eigenvalue weighted by atomic mass is 35.5. The molecule has 0 saturated carbocycles. The zero-order valence-corrected chi connectivity index (χ0v) is 19.2. The number of hydrogen-bond donors (Lipinski definition) is 1. The third kappa shape index (κ3) is 4.50. The number of H-pyrrole nitrogens is 1. The Labute approximate surface area is 190 Å². The number of aromatic amines is 1. The number of nitrogens with zero attached hydrogens (tertiary/aromatic N) is 7. The van der Waals surface area contributed by atoms with Crippen molar-refractivity contribution in [1.82, 2.24) is 40.0 Å². The van der Waals surface area contributed by atoms with E-state index >= 15 is 0 Å². The molecule has 31 heavy (non-hydrogen) atoms. The first-order valence-corrected chi connectivity index (χ1v) is 11.1. The normalized spacial score (nSPS) is 11.5. The molecule has 0 aliphatic heterocycles. The summed E-state index contributed by atoms with van der Waals surface area (Å²) in [7, 11) is 0. The smallest absolute Gasteiger partial charge is 0.221 e. The number of hydrogen-bond acceptors (Lipinski definition) is 5. The molecule has 3 heterocycles. The van der Waals surface area contributed by atoms with E-state index in [0.29, 0.717) is 22.4 Å². The molecule has 0 atom stereocenters. The fourth-order valence-electron chi connectivity index (χ4n) is 3.37. The van der Waals surface area contributed by atoms with Crippen molar-refractivity contribution in [2.75, 3.05) is 0 Å². The monoisotopic (exact) mass is 458 g/mol. The van der Waals surface area contributed by atoms with Crippen molar-refractivity contribution in [3.8, 4) is 17.2 Å². The standard InChI is InChI=1S/C21H24Cl2N8/c1-4-5-8-19-24-20(13(2)3)27-31(19)12-15-16(22)10-14(11-17(15)23)30-9-6-7-18(30)21-25-28-29-26-21/h6-7,9-11,13H,4-5,8,12H2,1-3H3,(H,25,26,28,29). The summed E-state index contributed by atoms with van der Waals surface area (Å²) in [6, 6.07) is 7.59. The Bertz CT molecular complexity index is 1140.